The Bertz CT molecular complexity index is 183. The van der Waals surface area contributed by atoms with E-state index in [-0.39, 0.29) is 16.9 Å². The zero-order chi connectivity index (χ0) is 9.41. The first-order valence-corrected chi connectivity index (χ1v) is 4.37. The Labute approximate surface area is 73.9 Å². The minimum absolute atomic E-state index is 0.0447. The van der Waals surface area contributed by atoms with Crippen LogP contribution in [0.25, 0.3) is 0 Å². The predicted molar refractivity (Wildman–Crippen MR) is 49.0 cm³/mol. The van der Waals surface area contributed by atoms with E-state index < -0.39 is 0 Å². The lowest BCUT2D eigenvalue weighted by molar-refractivity contribution is 0.0943. The van der Waals surface area contributed by atoms with Crippen molar-refractivity contribution in [3.05, 3.63) is 0 Å². The van der Waals surface area contributed by atoms with Gasteiger partial charge < -0.3 is 10.6 Å². The van der Waals surface area contributed by atoms with Gasteiger partial charge in [-0.05, 0) is 5.41 Å². The molecule has 3 nitrogen and oxygen atoms in total. The molecular formula is C9H18N2O. The van der Waals surface area contributed by atoms with Crippen molar-refractivity contribution in [2.24, 2.45) is 10.8 Å². The molecule has 0 bridgehead atoms. The van der Waals surface area contributed by atoms with E-state index in [0.29, 0.717) is 0 Å². The monoisotopic (exact) mass is 170 g/mol. The van der Waals surface area contributed by atoms with Crippen molar-refractivity contribution in [2.45, 2.75) is 27.7 Å². The van der Waals surface area contributed by atoms with E-state index >= 15 is 0 Å². The third-order valence-electron chi connectivity index (χ3n) is 3.09. The number of carbonyl (C=O) groups is 1. The van der Waals surface area contributed by atoms with Gasteiger partial charge in [-0.25, -0.2) is 4.79 Å². The molecule has 2 amide bonds. The first-order valence-electron chi connectivity index (χ1n) is 4.37. The average molecular weight is 170 g/mol. The first kappa shape index (κ1) is 9.36. The van der Waals surface area contributed by atoms with E-state index in [1.807, 2.05) is 0 Å². The molecule has 1 rings (SSSR count). The van der Waals surface area contributed by atoms with E-state index in [1.54, 1.807) is 0 Å². The summed E-state index contributed by atoms with van der Waals surface area (Å²) in [5, 5.41) is 5.66. The van der Waals surface area contributed by atoms with E-state index in [2.05, 4.69) is 38.3 Å². The maximum absolute atomic E-state index is 10.9. The highest BCUT2D eigenvalue weighted by Gasteiger charge is 2.40. The molecule has 0 aromatic heterocycles. The Balaban J connectivity index is 2.68. The lowest BCUT2D eigenvalue weighted by Gasteiger charge is -2.44. The Morgan fingerprint density at radius 1 is 1.25 bits per heavy atom. The van der Waals surface area contributed by atoms with Gasteiger partial charge in [0.25, 0.3) is 0 Å². The summed E-state index contributed by atoms with van der Waals surface area (Å²) in [6, 6.07) is -0.0447. The van der Waals surface area contributed by atoms with Crippen molar-refractivity contribution in [3.8, 4) is 0 Å². The molecule has 0 radical (unpaired) electrons. The highest BCUT2D eigenvalue weighted by molar-refractivity contribution is 5.74. The summed E-state index contributed by atoms with van der Waals surface area (Å²) in [4.78, 5) is 10.9. The molecule has 1 saturated heterocycles. The molecule has 70 valence electrons. The molecule has 0 atom stereocenters. The molecule has 0 saturated carbocycles. The number of amides is 2. The molecule has 0 aromatic rings. The first-order chi connectivity index (χ1) is 5.35. The summed E-state index contributed by atoms with van der Waals surface area (Å²) >= 11 is 0. The van der Waals surface area contributed by atoms with Gasteiger partial charge in [-0.3, -0.25) is 0 Å². The largest absolute Gasteiger partial charge is 0.338 e. The van der Waals surface area contributed by atoms with E-state index in [4.69, 9.17) is 0 Å². The van der Waals surface area contributed by atoms with Crippen molar-refractivity contribution in [3.63, 3.8) is 0 Å². The Hall–Kier alpha value is -0.730. The molecule has 1 aliphatic heterocycles. The van der Waals surface area contributed by atoms with Crippen molar-refractivity contribution in [1.29, 1.82) is 0 Å². The number of urea groups is 1. The van der Waals surface area contributed by atoms with Gasteiger partial charge in [-0.2, -0.15) is 0 Å². The predicted octanol–water partition coefficient (Wildman–Crippen LogP) is 1.35. The second-order valence-corrected chi connectivity index (χ2v) is 4.85. The van der Waals surface area contributed by atoms with Gasteiger partial charge in [0.1, 0.15) is 0 Å². The molecule has 0 aliphatic carbocycles. The van der Waals surface area contributed by atoms with Crippen LogP contribution >= 0.6 is 0 Å². The van der Waals surface area contributed by atoms with Gasteiger partial charge in [0.05, 0.1) is 0 Å². The topological polar surface area (TPSA) is 41.1 Å². The molecule has 1 aliphatic rings. The van der Waals surface area contributed by atoms with Crippen LogP contribution in [-0.4, -0.2) is 19.1 Å². The highest BCUT2D eigenvalue weighted by Crippen LogP contribution is 2.37. The summed E-state index contributed by atoms with van der Waals surface area (Å²) in [6.07, 6.45) is 0. The SMILES string of the molecule is CC(C)(C)C1(C)CNC(=O)NC1. The molecular weight excluding hydrogens is 152 g/mol. The molecule has 1 heterocycles. The van der Waals surface area contributed by atoms with Crippen LogP contribution in [0.15, 0.2) is 0 Å². The number of carbonyl (C=O) groups excluding carboxylic acids is 1. The molecule has 12 heavy (non-hydrogen) atoms. The standard InChI is InChI=1S/C9H18N2O/c1-8(2,3)9(4)5-10-7(12)11-6-9/h5-6H2,1-4H3,(H2,10,11,12). The third-order valence-corrected chi connectivity index (χ3v) is 3.09. The molecule has 1 fully saturated rings. The van der Waals surface area contributed by atoms with E-state index in [9.17, 15) is 4.79 Å². The fraction of sp³-hybridized carbons (Fsp3) is 0.889. The summed E-state index contributed by atoms with van der Waals surface area (Å²) < 4.78 is 0. The lowest BCUT2D eigenvalue weighted by atomic mass is 9.67. The van der Waals surface area contributed by atoms with Crippen LogP contribution in [0, 0.1) is 10.8 Å². The quantitative estimate of drug-likeness (QED) is 0.566. The van der Waals surface area contributed by atoms with E-state index in [0.717, 1.165) is 13.1 Å². The van der Waals surface area contributed by atoms with Crippen LogP contribution in [0.3, 0.4) is 0 Å². The summed E-state index contributed by atoms with van der Waals surface area (Å²) in [5.41, 5.74) is 0.370. The second kappa shape index (κ2) is 2.64. The zero-order valence-corrected chi connectivity index (χ0v) is 8.32. The fourth-order valence-electron chi connectivity index (χ4n) is 1.21. The van der Waals surface area contributed by atoms with Crippen LogP contribution in [0.1, 0.15) is 27.7 Å². The molecule has 2 N–H and O–H groups in total. The smallest absolute Gasteiger partial charge is 0.314 e. The normalized spacial score (nSPS) is 22.8. The van der Waals surface area contributed by atoms with Crippen LogP contribution in [0.2, 0.25) is 0 Å². The van der Waals surface area contributed by atoms with Crippen LogP contribution in [0.5, 0.6) is 0 Å². The Morgan fingerprint density at radius 3 is 2.00 bits per heavy atom. The summed E-state index contributed by atoms with van der Waals surface area (Å²) in [6.45, 7) is 10.3. The fourth-order valence-corrected chi connectivity index (χ4v) is 1.21. The number of nitrogens with one attached hydrogen (secondary N) is 2. The molecule has 0 unspecified atom stereocenters. The lowest BCUT2D eigenvalue weighted by Crippen LogP contribution is -2.58. The zero-order valence-electron chi connectivity index (χ0n) is 8.32. The summed E-state index contributed by atoms with van der Waals surface area (Å²) in [7, 11) is 0. The van der Waals surface area contributed by atoms with Gasteiger partial charge in [-0.1, -0.05) is 27.7 Å². The van der Waals surface area contributed by atoms with Crippen molar-refractivity contribution < 1.29 is 4.79 Å². The minimum Gasteiger partial charge on any atom is -0.338 e. The van der Waals surface area contributed by atoms with Crippen LogP contribution in [-0.2, 0) is 0 Å². The molecule has 0 aromatic carbocycles. The molecule has 0 spiro atoms. The van der Waals surface area contributed by atoms with Crippen LogP contribution < -0.4 is 10.6 Å². The number of hydrogen-bond donors (Lipinski definition) is 2. The van der Waals surface area contributed by atoms with E-state index in [1.165, 1.54) is 0 Å². The third kappa shape index (κ3) is 1.54. The number of rotatable bonds is 0. The Morgan fingerprint density at radius 2 is 1.67 bits per heavy atom. The number of hydrogen-bond acceptors (Lipinski definition) is 1. The molecule has 3 heteroatoms. The Kier molecular flexibility index (Phi) is 2.06. The summed E-state index contributed by atoms with van der Waals surface area (Å²) in [5.74, 6) is 0. The van der Waals surface area contributed by atoms with Crippen molar-refractivity contribution >= 4 is 6.03 Å². The maximum atomic E-state index is 10.9. The van der Waals surface area contributed by atoms with Gasteiger partial charge in [0.2, 0.25) is 0 Å². The van der Waals surface area contributed by atoms with Gasteiger partial charge >= 0.3 is 6.03 Å². The van der Waals surface area contributed by atoms with Gasteiger partial charge in [0.15, 0.2) is 0 Å². The van der Waals surface area contributed by atoms with Crippen molar-refractivity contribution in [1.82, 2.24) is 10.6 Å². The second-order valence-electron chi connectivity index (χ2n) is 4.85. The van der Waals surface area contributed by atoms with Gasteiger partial charge in [-0.15, -0.1) is 0 Å². The van der Waals surface area contributed by atoms with Crippen LogP contribution in [0.4, 0.5) is 4.79 Å². The van der Waals surface area contributed by atoms with Gasteiger partial charge in [0, 0.05) is 18.5 Å². The highest BCUT2D eigenvalue weighted by atomic mass is 16.2. The maximum Gasteiger partial charge on any atom is 0.314 e. The minimum atomic E-state index is -0.0447. The van der Waals surface area contributed by atoms with Crippen molar-refractivity contribution in [2.75, 3.05) is 13.1 Å². The average Bonchev–Trinajstić information content (AvgIpc) is 1.93.